The number of benzene rings is 1. The summed E-state index contributed by atoms with van der Waals surface area (Å²) >= 11 is 0.994. The van der Waals surface area contributed by atoms with Crippen molar-refractivity contribution >= 4 is 29.0 Å². The summed E-state index contributed by atoms with van der Waals surface area (Å²) in [4.78, 5) is 28.6. The molecule has 5 nitrogen and oxygen atoms in total. The van der Waals surface area contributed by atoms with E-state index in [1.807, 2.05) is 5.32 Å². The Labute approximate surface area is 157 Å². The zero-order valence-electron chi connectivity index (χ0n) is 14.3. The van der Waals surface area contributed by atoms with Crippen LogP contribution in [0.15, 0.2) is 47.8 Å². The molecule has 27 heavy (non-hydrogen) atoms. The molecular formula is C18H17F3N3O2S+. The molecular weight excluding hydrogens is 379 g/mol. The van der Waals surface area contributed by atoms with Crippen molar-refractivity contribution in [1.29, 1.82) is 0 Å². The topological polar surface area (TPSA) is 63.4 Å². The lowest BCUT2D eigenvalue weighted by Crippen LogP contribution is -2.96. The van der Waals surface area contributed by atoms with Gasteiger partial charge >= 0.3 is 17.7 Å². The fraction of sp³-hybridized carbons (Fsp3) is 0.278. The molecule has 1 aliphatic rings. The molecule has 2 heterocycles. The number of hydrogen-bond donors (Lipinski definition) is 2. The van der Waals surface area contributed by atoms with Crippen LogP contribution in [0.3, 0.4) is 0 Å². The number of thiophene rings is 1. The van der Waals surface area contributed by atoms with E-state index in [2.05, 4.69) is 4.99 Å². The molecule has 0 spiro atoms. The molecule has 0 fully saturated rings. The summed E-state index contributed by atoms with van der Waals surface area (Å²) in [5.41, 5.74) is -2.79. The van der Waals surface area contributed by atoms with Crippen LogP contribution in [-0.4, -0.2) is 40.9 Å². The summed E-state index contributed by atoms with van der Waals surface area (Å²) in [7, 11) is 0. The van der Waals surface area contributed by atoms with Gasteiger partial charge in [0.05, 0.1) is 17.0 Å². The van der Waals surface area contributed by atoms with Crippen LogP contribution in [0.1, 0.15) is 28.6 Å². The molecule has 0 saturated heterocycles. The minimum Gasteiger partial charge on any atom is -0.293 e. The van der Waals surface area contributed by atoms with Crippen molar-refractivity contribution < 1.29 is 27.8 Å². The Hall–Kier alpha value is -2.68. The number of rotatable bonds is 5. The normalized spacial score (nSPS) is 19.9. The van der Waals surface area contributed by atoms with Gasteiger partial charge in [-0.05, 0) is 30.0 Å². The highest BCUT2D eigenvalue weighted by Crippen LogP contribution is 2.30. The lowest BCUT2D eigenvalue weighted by molar-refractivity contribution is -0.580. The number of amides is 2. The van der Waals surface area contributed by atoms with Crippen molar-refractivity contribution in [2.75, 3.05) is 6.54 Å². The molecule has 9 heteroatoms. The Morgan fingerprint density at radius 1 is 1.22 bits per heavy atom. The minimum atomic E-state index is -5.04. The van der Waals surface area contributed by atoms with Gasteiger partial charge in [-0.2, -0.15) is 18.1 Å². The Kier molecular flexibility index (Phi) is 5.05. The fourth-order valence-electron chi connectivity index (χ4n) is 2.85. The van der Waals surface area contributed by atoms with Gasteiger partial charge in [0.2, 0.25) is 0 Å². The predicted molar refractivity (Wildman–Crippen MR) is 94.1 cm³/mol. The summed E-state index contributed by atoms with van der Waals surface area (Å²) in [6, 6.07) is 11.2. The number of hydrogen-bond acceptors (Lipinski definition) is 3. The summed E-state index contributed by atoms with van der Waals surface area (Å²) in [6.07, 6.45) is -4.59. The molecule has 1 aromatic carbocycles. The van der Waals surface area contributed by atoms with E-state index in [1.165, 1.54) is 6.07 Å². The molecule has 2 aromatic rings. The molecule has 3 rings (SSSR count). The first kappa shape index (κ1) is 19.1. The third-order valence-electron chi connectivity index (χ3n) is 4.11. The van der Waals surface area contributed by atoms with Crippen molar-refractivity contribution in [2.24, 2.45) is 0 Å². The molecule has 1 aromatic heterocycles. The van der Waals surface area contributed by atoms with Gasteiger partial charge in [0.15, 0.2) is 0 Å². The molecule has 1 atom stereocenters. The van der Waals surface area contributed by atoms with Crippen LogP contribution >= 0.6 is 11.3 Å². The minimum absolute atomic E-state index is 0.0197. The Balaban J connectivity index is 2.10. The molecule has 2 N–H and O–H groups in total. The number of carbonyl (C=O) groups is 2. The molecule has 2 amide bonds. The number of carbonyl (C=O) groups excluding carboxylic acids is 2. The van der Waals surface area contributed by atoms with Gasteiger partial charge in [0.1, 0.15) is 0 Å². The van der Waals surface area contributed by atoms with E-state index < -0.39 is 23.7 Å². The van der Waals surface area contributed by atoms with Crippen molar-refractivity contribution in [1.82, 2.24) is 10.2 Å². The number of nitrogens with zero attached hydrogens (tertiary/aromatic N) is 1. The van der Waals surface area contributed by atoms with Crippen LogP contribution in [0.25, 0.3) is 0 Å². The van der Waals surface area contributed by atoms with Crippen LogP contribution in [0.2, 0.25) is 0 Å². The zero-order chi connectivity index (χ0) is 19.7. The smallest absolute Gasteiger partial charge is 0.293 e. The average molecular weight is 396 g/mol. The van der Waals surface area contributed by atoms with Gasteiger partial charge in [-0.3, -0.25) is 10.1 Å². The molecule has 0 saturated carbocycles. The summed E-state index contributed by atoms with van der Waals surface area (Å²) in [5.74, 6) is -2.19. The highest BCUT2D eigenvalue weighted by molar-refractivity contribution is 7.12. The van der Waals surface area contributed by atoms with Crippen molar-refractivity contribution in [3.63, 3.8) is 0 Å². The summed E-state index contributed by atoms with van der Waals surface area (Å²) in [5, 5.41) is 3.47. The number of nitrogens with one attached hydrogen (secondary N) is 2. The maximum Gasteiger partial charge on any atom is 0.465 e. The third-order valence-corrected chi connectivity index (χ3v) is 4.98. The maximum atomic E-state index is 14.0. The lowest BCUT2D eigenvalue weighted by atomic mass is 10.1. The van der Waals surface area contributed by atoms with E-state index in [1.54, 1.807) is 48.7 Å². The second-order valence-electron chi connectivity index (χ2n) is 5.98. The van der Waals surface area contributed by atoms with E-state index >= 15 is 0 Å². The van der Waals surface area contributed by atoms with Crippen LogP contribution in [0.5, 0.6) is 0 Å². The highest BCUT2D eigenvalue weighted by Gasteiger charge is 2.72. The molecule has 0 aliphatic carbocycles. The molecule has 0 bridgehead atoms. The van der Waals surface area contributed by atoms with Crippen LogP contribution in [0.4, 0.5) is 13.2 Å². The zero-order valence-corrected chi connectivity index (χ0v) is 15.2. The van der Waals surface area contributed by atoms with Gasteiger partial charge in [-0.1, -0.05) is 31.2 Å². The van der Waals surface area contributed by atoms with Gasteiger partial charge < -0.3 is 0 Å². The lowest BCUT2D eigenvalue weighted by Gasteiger charge is -2.24. The molecule has 0 radical (unpaired) electrons. The second-order valence-corrected chi connectivity index (χ2v) is 6.92. The first-order valence-corrected chi connectivity index (χ1v) is 9.13. The molecule has 1 aliphatic heterocycles. The van der Waals surface area contributed by atoms with Crippen LogP contribution in [-0.2, 0) is 4.79 Å². The van der Waals surface area contributed by atoms with E-state index in [0.717, 1.165) is 16.2 Å². The molecule has 0 unspecified atom stereocenters. The Bertz CT molecular complexity index is 866. The monoisotopic (exact) mass is 396 g/mol. The Morgan fingerprint density at radius 3 is 2.48 bits per heavy atom. The third kappa shape index (κ3) is 3.34. The van der Waals surface area contributed by atoms with Crippen molar-refractivity contribution in [2.45, 2.75) is 25.2 Å². The number of halogens is 3. The van der Waals surface area contributed by atoms with E-state index in [0.29, 0.717) is 12.0 Å². The largest absolute Gasteiger partial charge is 0.465 e. The van der Waals surface area contributed by atoms with Gasteiger partial charge in [0, 0.05) is 0 Å². The summed E-state index contributed by atoms with van der Waals surface area (Å²) < 4.78 is 42.1. The molecule has 142 valence electrons. The fourth-order valence-corrected chi connectivity index (χ4v) is 3.47. The number of alkyl halides is 3. The van der Waals surface area contributed by atoms with Gasteiger partial charge in [0.25, 0.3) is 11.7 Å². The van der Waals surface area contributed by atoms with Gasteiger partial charge in [-0.15, -0.1) is 11.3 Å². The predicted octanol–water partition coefficient (Wildman–Crippen LogP) is 1.52. The Morgan fingerprint density at radius 2 is 1.93 bits per heavy atom. The second kappa shape index (κ2) is 7.15. The SMILES string of the molecule is CCCN1C(=O)[C@@](NC(=O)c2cccs2)(C(F)(F)F)[NH+]=C1c1ccccc1. The van der Waals surface area contributed by atoms with Crippen LogP contribution in [0, 0.1) is 0 Å². The van der Waals surface area contributed by atoms with Crippen LogP contribution < -0.4 is 10.3 Å². The standard InChI is InChI=1S/C18H16F3N3O2S/c1-2-10-24-14(12-7-4-3-5-8-12)22-17(16(24)26,18(19,20)21)23-15(25)13-9-6-11-27-13/h3-9,11H,2,10H2,1H3,(H,23,25)/p+1/t17-/m1/s1. The van der Waals surface area contributed by atoms with E-state index in [4.69, 9.17) is 0 Å². The average Bonchev–Trinajstić information content (AvgIpc) is 3.25. The first-order chi connectivity index (χ1) is 12.8. The quantitative estimate of drug-likeness (QED) is 0.805. The first-order valence-electron chi connectivity index (χ1n) is 8.25. The van der Waals surface area contributed by atoms with Gasteiger partial charge in [-0.25, -0.2) is 9.79 Å². The number of amidine groups is 1. The van der Waals surface area contributed by atoms with E-state index in [-0.39, 0.29) is 17.3 Å². The van der Waals surface area contributed by atoms with Crippen molar-refractivity contribution in [3.05, 3.63) is 58.3 Å². The van der Waals surface area contributed by atoms with Crippen molar-refractivity contribution in [3.8, 4) is 0 Å². The maximum absolute atomic E-state index is 14.0. The van der Waals surface area contributed by atoms with E-state index in [9.17, 15) is 22.8 Å². The highest BCUT2D eigenvalue weighted by atomic mass is 32.1. The summed E-state index contributed by atoms with van der Waals surface area (Å²) in [6.45, 7) is 1.84.